The predicted molar refractivity (Wildman–Crippen MR) is 145 cm³/mol. The van der Waals surface area contributed by atoms with Crippen molar-refractivity contribution >= 4 is 16.9 Å². The van der Waals surface area contributed by atoms with Crippen molar-refractivity contribution in [1.82, 2.24) is 10.2 Å². The van der Waals surface area contributed by atoms with Crippen LogP contribution in [0.5, 0.6) is 11.5 Å². The fourth-order valence-corrected chi connectivity index (χ4v) is 6.11. The SMILES string of the molecule is CCOc1ccc2cc(-c3ccc4c(c3)OCC(C)(C)C4NC(=O)O[C@@H]3CN4CCC3CC4)ccc2c1. The van der Waals surface area contributed by atoms with E-state index in [1.165, 1.54) is 0 Å². The number of piperidine rings is 3. The zero-order chi connectivity index (χ0) is 25.6. The standard InChI is InChI=1S/C31H36N2O4/c1-4-35-25-9-7-22-15-21(5-6-23(22)16-25)24-8-10-26-27(17-24)36-19-31(2,3)29(26)32-30(34)37-28-18-33-13-11-20(28)12-14-33/h5-10,15-17,20,28-29H,4,11-14,18-19H2,1-3H3,(H,32,34)/t28-,29?/m1/s1. The van der Waals surface area contributed by atoms with Gasteiger partial charge >= 0.3 is 6.09 Å². The van der Waals surface area contributed by atoms with E-state index in [1.807, 2.05) is 13.0 Å². The van der Waals surface area contributed by atoms with E-state index in [9.17, 15) is 4.79 Å². The first-order valence-corrected chi connectivity index (χ1v) is 13.5. The van der Waals surface area contributed by atoms with E-state index in [0.29, 0.717) is 19.1 Å². The minimum absolute atomic E-state index is 0.00943. The van der Waals surface area contributed by atoms with Crippen molar-refractivity contribution in [3.05, 3.63) is 60.2 Å². The second kappa shape index (κ2) is 9.56. The van der Waals surface area contributed by atoms with Crippen LogP contribution in [0, 0.1) is 11.3 Å². The third-order valence-corrected chi connectivity index (χ3v) is 8.28. The second-order valence-electron chi connectivity index (χ2n) is 11.3. The van der Waals surface area contributed by atoms with Crippen molar-refractivity contribution < 1.29 is 19.0 Å². The molecule has 2 atom stereocenters. The number of rotatable bonds is 5. The van der Waals surface area contributed by atoms with E-state index in [0.717, 1.165) is 71.4 Å². The molecule has 0 saturated carbocycles. The van der Waals surface area contributed by atoms with Crippen LogP contribution in [0.1, 0.15) is 45.2 Å². The highest BCUT2D eigenvalue weighted by Crippen LogP contribution is 2.44. The van der Waals surface area contributed by atoms with Crippen LogP contribution in [-0.2, 0) is 4.74 Å². The summed E-state index contributed by atoms with van der Waals surface area (Å²) in [6.45, 7) is 10.5. The first kappa shape index (κ1) is 24.1. The summed E-state index contributed by atoms with van der Waals surface area (Å²) < 4.78 is 17.8. The topological polar surface area (TPSA) is 60.0 Å². The average Bonchev–Trinajstić information content (AvgIpc) is 2.91. The molecule has 4 heterocycles. The Hall–Kier alpha value is -3.25. The molecule has 1 N–H and O–H groups in total. The molecule has 0 aromatic heterocycles. The highest BCUT2D eigenvalue weighted by atomic mass is 16.6. The minimum Gasteiger partial charge on any atom is -0.494 e. The van der Waals surface area contributed by atoms with E-state index in [1.54, 1.807) is 0 Å². The Morgan fingerprint density at radius 2 is 1.76 bits per heavy atom. The molecule has 6 nitrogen and oxygen atoms in total. The van der Waals surface area contributed by atoms with E-state index in [4.69, 9.17) is 14.2 Å². The Kier molecular flexibility index (Phi) is 6.23. The summed E-state index contributed by atoms with van der Waals surface area (Å²) in [5.74, 6) is 2.19. The molecule has 6 heteroatoms. The molecule has 0 spiro atoms. The summed E-state index contributed by atoms with van der Waals surface area (Å²) in [7, 11) is 0. The van der Waals surface area contributed by atoms with Crippen LogP contribution >= 0.6 is 0 Å². The van der Waals surface area contributed by atoms with Gasteiger partial charge in [0, 0.05) is 17.5 Å². The highest BCUT2D eigenvalue weighted by Gasteiger charge is 2.41. The Bertz CT molecular complexity index is 1310. The van der Waals surface area contributed by atoms with Gasteiger partial charge in [-0.2, -0.15) is 0 Å². The summed E-state index contributed by atoms with van der Waals surface area (Å²) in [5, 5.41) is 5.51. The number of nitrogens with zero attached hydrogens (tertiary/aromatic N) is 1. The van der Waals surface area contributed by atoms with Gasteiger partial charge in [0.2, 0.25) is 0 Å². The molecular formula is C31H36N2O4. The Morgan fingerprint density at radius 1 is 1.03 bits per heavy atom. The number of alkyl carbamates (subject to hydrolysis) is 1. The molecule has 3 aromatic carbocycles. The van der Waals surface area contributed by atoms with Crippen LogP contribution in [0.25, 0.3) is 21.9 Å². The molecule has 3 aromatic rings. The second-order valence-corrected chi connectivity index (χ2v) is 11.3. The Labute approximate surface area is 218 Å². The molecule has 4 aliphatic rings. The van der Waals surface area contributed by atoms with Crippen LogP contribution in [0.3, 0.4) is 0 Å². The van der Waals surface area contributed by atoms with Crippen molar-refractivity contribution in [2.75, 3.05) is 32.8 Å². The number of fused-ring (bicyclic) bond motifs is 5. The largest absolute Gasteiger partial charge is 0.494 e. The first-order valence-electron chi connectivity index (χ1n) is 13.5. The van der Waals surface area contributed by atoms with Crippen LogP contribution in [0.15, 0.2) is 54.6 Å². The third kappa shape index (κ3) is 4.75. The van der Waals surface area contributed by atoms with Gasteiger partial charge in [0.15, 0.2) is 0 Å². The lowest BCUT2D eigenvalue weighted by Crippen LogP contribution is -2.53. The number of carbonyl (C=O) groups excluding carboxylic acids is 1. The van der Waals surface area contributed by atoms with Crippen LogP contribution in [0.4, 0.5) is 4.79 Å². The zero-order valence-electron chi connectivity index (χ0n) is 22.0. The van der Waals surface area contributed by atoms with E-state index < -0.39 is 0 Å². The number of hydrogen-bond donors (Lipinski definition) is 1. The fraction of sp³-hybridized carbons (Fsp3) is 0.452. The quantitative estimate of drug-likeness (QED) is 0.453. The molecule has 1 amide bonds. The van der Waals surface area contributed by atoms with Gasteiger partial charge in [-0.05, 0) is 84.9 Å². The Balaban J connectivity index is 1.22. The molecule has 1 unspecified atom stereocenters. The van der Waals surface area contributed by atoms with Crippen LogP contribution < -0.4 is 14.8 Å². The molecule has 3 saturated heterocycles. The lowest BCUT2D eigenvalue weighted by molar-refractivity contribution is -0.0361. The van der Waals surface area contributed by atoms with Crippen LogP contribution in [0.2, 0.25) is 0 Å². The lowest BCUT2D eigenvalue weighted by atomic mass is 9.78. The Morgan fingerprint density at radius 3 is 2.51 bits per heavy atom. The van der Waals surface area contributed by atoms with Crippen molar-refractivity contribution in [1.29, 1.82) is 0 Å². The van der Waals surface area contributed by atoms with Gasteiger partial charge in [0.05, 0.1) is 19.3 Å². The van der Waals surface area contributed by atoms with Gasteiger partial charge in [0.1, 0.15) is 17.6 Å². The minimum atomic E-state index is -0.324. The summed E-state index contributed by atoms with van der Waals surface area (Å²) in [4.78, 5) is 15.4. The van der Waals surface area contributed by atoms with Crippen molar-refractivity contribution in [3.8, 4) is 22.6 Å². The van der Waals surface area contributed by atoms with Gasteiger partial charge in [-0.3, -0.25) is 4.90 Å². The molecular weight excluding hydrogens is 464 g/mol. The number of carbonyl (C=O) groups is 1. The van der Waals surface area contributed by atoms with Gasteiger partial charge in [-0.25, -0.2) is 4.79 Å². The monoisotopic (exact) mass is 500 g/mol. The van der Waals surface area contributed by atoms with Gasteiger partial charge < -0.3 is 19.5 Å². The maximum atomic E-state index is 13.0. The van der Waals surface area contributed by atoms with E-state index in [2.05, 4.69) is 72.6 Å². The summed E-state index contributed by atoms with van der Waals surface area (Å²) in [6, 6.07) is 18.8. The maximum Gasteiger partial charge on any atom is 0.407 e. The molecule has 2 bridgehead atoms. The number of amides is 1. The molecule has 3 fully saturated rings. The van der Waals surface area contributed by atoms with Gasteiger partial charge in [-0.1, -0.05) is 44.2 Å². The maximum absolute atomic E-state index is 13.0. The molecule has 194 valence electrons. The number of benzene rings is 3. The molecule has 0 aliphatic carbocycles. The zero-order valence-corrected chi connectivity index (χ0v) is 22.0. The number of ether oxygens (including phenoxy) is 3. The van der Waals surface area contributed by atoms with Gasteiger partial charge in [-0.15, -0.1) is 0 Å². The summed E-state index contributed by atoms with van der Waals surface area (Å²) in [5.41, 5.74) is 2.94. The van der Waals surface area contributed by atoms with Crippen LogP contribution in [-0.4, -0.2) is 49.9 Å². The van der Waals surface area contributed by atoms with Crippen molar-refractivity contribution in [2.24, 2.45) is 11.3 Å². The van der Waals surface area contributed by atoms with Gasteiger partial charge in [0.25, 0.3) is 0 Å². The first-order chi connectivity index (χ1) is 17.9. The molecule has 37 heavy (non-hydrogen) atoms. The van der Waals surface area contributed by atoms with E-state index >= 15 is 0 Å². The lowest BCUT2D eigenvalue weighted by Gasteiger charge is -2.44. The summed E-state index contributed by atoms with van der Waals surface area (Å²) >= 11 is 0. The molecule has 0 radical (unpaired) electrons. The number of nitrogens with one attached hydrogen (secondary N) is 1. The smallest absolute Gasteiger partial charge is 0.407 e. The molecule has 4 aliphatic heterocycles. The predicted octanol–water partition coefficient (Wildman–Crippen LogP) is 6.19. The third-order valence-electron chi connectivity index (χ3n) is 8.28. The fourth-order valence-electron chi connectivity index (χ4n) is 6.11. The highest BCUT2D eigenvalue weighted by molar-refractivity contribution is 5.88. The average molecular weight is 501 g/mol. The number of hydrogen-bond acceptors (Lipinski definition) is 5. The van der Waals surface area contributed by atoms with E-state index in [-0.39, 0.29) is 23.7 Å². The normalized spacial score (nSPS) is 25.7. The van der Waals surface area contributed by atoms with Crippen molar-refractivity contribution in [3.63, 3.8) is 0 Å². The molecule has 7 rings (SSSR count). The summed E-state index contributed by atoms with van der Waals surface area (Å²) in [6.07, 6.45) is 1.91. The van der Waals surface area contributed by atoms with Crippen molar-refractivity contribution in [2.45, 2.75) is 45.8 Å².